The lowest BCUT2D eigenvalue weighted by Crippen LogP contribution is -2.35. The van der Waals surface area contributed by atoms with E-state index in [0.717, 1.165) is 24.8 Å². The average Bonchev–Trinajstić information content (AvgIpc) is 2.91. The summed E-state index contributed by atoms with van der Waals surface area (Å²) in [5.74, 6) is -2.25. The van der Waals surface area contributed by atoms with Crippen LogP contribution in [0.5, 0.6) is 0 Å². The van der Waals surface area contributed by atoms with Gasteiger partial charge in [0.15, 0.2) is 6.61 Å². The Morgan fingerprint density at radius 2 is 2.00 bits per heavy atom. The molecular formula is C20H23N3O4. The maximum atomic E-state index is 12.3. The number of benzene rings is 1. The largest absolute Gasteiger partial charge is 0.450 e. The molecule has 1 aliphatic rings. The highest BCUT2D eigenvalue weighted by atomic mass is 16.5. The van der Waals surface area contributed by atoms with E-state index in [2.05, 4.69) is 16.5 Å². The molecule has 0 saturated heterocycles. The first kappa shape index (κ1) is 18.8. The normalized spacial score (nSPS) is 15.7. The zero-order valence-electron chi connectivity index (χ0n) is 15.7. The first-order valence-electron chi connectivity index (χ1n) is 8.97. The molecule has 2 aromatic rings. The molecule has 27 heavy (non-hydrogen) atoms. The third kappa shape index (κ3) is 3.92. The lowest BCUT2D eigenvalue weighted by atomic mass is 9.88. The van der Waals surface area contributed by atoms with Crippen LogP contribution >= 0.6 is 0 Å². The lowest BCUT2D eigenvalue weighted by Gasteiger charge is -2.26. The lowest BCUT2D eigenvalue weighted by molar-refractivity contribution is -0.144. The SMILES string of the molecule is Cc1nn(C)c(C)c1C(=O)C(=O)OCC(=O)NC1CCCc2ccccc21. The molecule has 1 amide bonds. The molecule has 1 heterocycles. The van der Waals surface area contributed by atoms with Gasteiger partial charge < -0.3 is 10.1 Å². The number of nitrogens with one attached hydrogen (secondary N) is 1. The number of fused-ring (bicyclic) bond motifs is 1. The molecule has 142 valence electrons. The quantitative estimate of drug-likeness (QED) is 0.494. The third-order valence-corrected chi connectivity index (χ3v) is 4.96. The summed E-state index contributed by atoms with van der Waals surface area (Å²) in [6, 6.07) is 7.90. The number of ether oxygens (including phenoxy) is 1. The summed E-state index contributed by atoms with van der Waals surface area (Å²) in [6.45, 7) is 2.87. The van der Waals surface area contributed by atoms with Gasteiger partial charge in [-0.3, -0.25) is 14.3 Å². The Kier molecular flexibility index (Phi) is 5.39. The highest BCUT2D eigenvalue weighted by molar-refractivity contribution is 6.41. The van der Waals surface area contributed by atoms with E-state index in [1.807, 2.05) is 18.2 Å². The molecule has 1 aromatic carbocycles. The molecule has 3 rings (SSSR count). The fourth-order valence-electron chi connectivity index (χ4n) is 3.54. The van der Waals surface area contributed by atoms with Crippen molar-refractivity contribution < 1.29 is 19.1 Å². The summed E-state index contributed by atoms with van der Waals surface area (Å²) in [4.78, 5) is 36.6. The van der Waals surface area contributed by atoms with Crippen LogP contribution in [-0.2, 0) is 27.8 Å². The Hall–Kier alpha value is -2.96. The second-order valence-electron chi connectivity index (χ2n) is 6.79. The maximum absolute atomic E-state index is 12.3. The van der Waals surface area contributed by atoms with Gasteiger partial charge in [-0.05, 0) is 44.2 Å². The zero-order valence-corrected chi connectivity index (χ0v) is 15.7. The number of hydrogen-bond donors (Lipinski definition) is 1. The molecule has 0 spiro atoms. The van der Waals surface area contributed by atoms with Crippen LogP contribution in [0.4, 0.5) is 0 Å². The molecule has 1 unspecified atom stereocenters. The van der Waals surface area contributed by atoms with Crippen molar-refractivity contribution in [2.45, 2.75) is 39.2 Å². The topological polar surface area (TPSA) is 90.3 Å². The van der Waals surface area contributed by atoms with E-state index in [1.54, 1.807) is 20.9 Å². The van der Waals surface area contributed by atoms with Crippen LogP contribution in [-0.4, -0.2) is 34.0 Å². The molecule has 1 atom stereocenters. The van der Waals surface area contributed by atoms with Crippen molar-refractivity contribution in [3.05, 3.63) is 52.3 Å². The van der Waals surface area contributed by atoms with E-state index in [0.29, 0.717) is 11.4 Å². The second-order valence-corrected chi connectivity index (χ2v) is 6.79. The second kappa shape index (κ2) is 7.73. The van der Waals surface area contributed by atoms with Crippen LogP contribution in [0.3, 0.4) is 0 Å². The van der Waals surface area contributed by atoms with E-state index in [9.17, 15) is 14.4 Å². The van der Waals surface area contributed by atoms with Crippen molar-refractivity contribution in [2.75, 3.05) is 6.61 Å². The molecule has 7 heteroatoms. The number of carbonyl (C=O) groups excluding carboxylic acids is 3. The standard InChI is InChI=1S/C20H23N3O4/c1-12-18(13(2)23(3)22-12)19(25)20(26)27-11-17(24)21-16-10-6-8-14-7-4-5-9-15(14)16/h4-5,7,9,16H,6,8,10-11H2,1-3H3,(H,21,24). The minimum absolute atomic E-state index is 0.0975. The number of hydrogen-bond acceptors (Lipinski definition) is 5. The minimum Gasteiger partial charge on any atom is -0.450 e. The Bertz CT molecular complexity index is 901. The number of rotatable bonds is 5. The molecule has 1 N–H and O–H groups in total. The highest BCUT2D eigenvalue weighted by Crippen LogP contribution is 2.29. The van der Waals surface area contributed by atoms with Crippen molar-refractivity contribution in [2.24, 2.45) is 7.05 Å². The van der Waals surface area contributed by atoms with Crippen LogP contribution in [0, 0.1) is 13.8 Å². The Balaban J connectivity index is 1.58. The van der Waals surface area contributed by atoms with Crippen LogP contribution in [0.25, 0.3) is 0 Å². The molecule has 0 fully saturated rings. The summed E-state index contributed by atoms with van der Waals surface area (Å²) in [6.07, 6.45) is 2.82. The van der Waals surface area contributed by atoms with Gasteiger partial charge in [-0.1, -0.05) is 24.3 Å². The fraction of sp³-hybridized carbons (Fsp3) is 0.400. The van der Waals surface area contributed by atoms with Gasteiger partial charge in [-0.25, -0.2) is 4.79 Å². The van der Waals surface area contributed by atoms with Gasteiger partial charge in [0.05, 0.1) is 17.3 Å². The first-order chi connectivity index (χ1) is 12.9. The van der Waals surface area contributed by atoms with Crippen molar-refractivity contribution in [1.29, 1.82) is 0 Å². The van der Waals surface area contributed by atoms with Gasteiger partial charge in [-0.15, -0.1) is 0 Å². The van der Waals surface area contributed by atoms with Crippen LogP contribution < -0.4 is 5.32 Å². The van der Waals surface area contributed by atoms with Gasteiger partial charge in [-0.2, -0.15) is 5.10 Å². The molecule has 0 saturated carbocycles. The molecule has 0 bridgehead atoms. The van der Waals surface area contributed by atoms with Crippen LogP contribution in [0.1, 0.15) is 51.8 Å². The van der Waals surface area contributed by atoms with Gasteiger partial charge in [0.2, 0.25) is 0 Å². The van der Waals surface area contributed by atoms with Gasteiger partial charge >= 0.3 is 5.97 Å². The fourth-order valence-corrected chi connectivity index (χ4v) is 3.54. The molecule has 0 aliphatic heterocycles. The Morgan fingerprint density at radius 3 is 2.70 bits per heavy atom. The van der Waals surface area contributed by atoms with E-state index < -0.39 is 24.3 Å². The smallest absolute Gasteiger partial charge is 0.380 e. The van der Waals surface area contributed by atoms with Gasteiger partial charge in [0.25, 0.3) is 11.7 Å². The molecular weight excluding hydrogens is 346 g/mol. The average molecular weight is 369 g/mol. The van der Waals surface area contributed by atoms with Crippen LogP contribution in [0.2, 0.25) is 0 Å². The number of aromatic nitrogens is 2. The highest BCUT2D eigenvalue weighted by Gasteiger charge is 2.27. The molecule has 1 aliphatic carbocycles. The molecule has 0 radical (unpaired) electrons. The molecule has 7 nitrogen and oxygen atoms in total. The van der Waals surface area contributed by atoms with Crippen molar-refractivity contribution in [1.82, 2.24) is 15.1 Å². The van der Waals surface area contributed by atoms with E-state index in [4.69, 9.17) is 4.74 Å². The maximum Gasteiger partial charge on any atom is 0.380 e. The number of aryl methyl sites for hydroxylation is 3. The zero-order chi connectivity index (χ0) is 19.6. The van der Waals surface area contributed by atoms with E-state index in [-0.39, 0.29) is 11.6 Å². The number of amides is 1. The van der Waals surface area contributed by atoms with Crippen LogP contribution in [0.15, 0.2) is 24.3 Å². The number of nitrogens with zero attached hydrogens (tertiary/aromatic N) is 2. The summed E-state index contributed by atoms with van der Waals surface area (Å²) in [5, 5.41) is 7.01. The summed E-state index contributed by atoms with van der Waals surface area (Å²) in [7, 11) is 1.69. The number of esters is 1. The van der Waals surface area contributed by atoms with E-state index >= 15 is 0 Å². The number of carbonyl (C=O) groups is 3. The third-order valence-electron chi connectivity index (χ3n) is 4.96. The van der Waals surface area contributed by atoms with Gasteiger partial charge in [0, 0.05) is 12.7 Å². The summed E-state index contributed by atoms with van der Waals surface area (Å²) in [5.41, 5.74) is 3.59. The monoisotopic (exact) mass is 369 g/mol. The molecule has 1 aromatic heterocycles. The van der Waals surface area contributed by atoms with Crippen molar-refractivity contribution >= 4 is 17.7 Å². The van der Waals surface area contributed by atoms with Crippen molar-refractivity contribution in [3.8, 4) is 0 Å². The Labute approximate surface area is 157 Å². The minimum atomic E-state index is -1.05. The van der Waals surface area contributed by atoms with Crippen molar-refractivity contribution in [3.63, 3.8) is 0 Å². The Morgan fingerprint density at radius 1 is 1.26 bits per heavy atom. The predicted octanol–water partition coefficient (Wildman–Crippen LogP) is 1.96. The number of ketones is 1. The van der Waals surface area contributed by atoms with E-state index in [1.165, 1.54) is 10.2 Å². The summed E-state index contributed by atoms with van der Waals surface area (Å²) < 4.78 is 6.46. The first-order valence-corrected chi connectivity index (χ1v) is 8.97. The predicted molar refractivity (Wildman–Crippen MR) is 98.2 cm³/mol. The summed E-state index contributed by atoms with van der Waals surface area (Å²) >= 11 is 0. The number of Topliss-reactive ketones (excluding diaryl/α,β-unsaturated/α-hetero) is 1. The van der Waals surface area contributed by atoms with Gasteiger partial charge in [0.1, 0.15) is 0 Å².